The van der Waals surface area contributed by atoms with Crippen LogP contribution in [0.25, 0.3) is 11.2 Å². The van der Waals surface area contributed by atoms with Gasteiger partial charge in [0.15, 0.2) is 5.65 Å². The molecule has 0 saturated heterocycles. The molecule has 0 aliphatic rings. The Morgan fingerprint density at radius 1 is 1.16 bits per heavy atom. The van der Waals surface area contributed by atoms with Crippen LogP contribution < -0.4 is 0 Å². The highest BCUT2D eigenvalue weighted by atomic mass is 35.5. The molecule has 0 aliphatic heterocycles. The molecule has 0 bridgehead atoms. The van der Waals surface area contributed by atoms with Gasteiger partial charge in [-0.2, -0.15) is 0 Å². The van der Waals surface area contributed by atoms with Gasteiger partial charge in [0.1, 0.15) is 11.3 Å². The highest BCUT2D eigenvalue weighted by Crippen LogP contribution is 2.20. The number of pyridine rings is 1. The maximum Gasteiger partial charge on any atom is 0.160 e. The number of halogens is 1. The van der Waals surface area contributed by atoms with Gasteiger partial charge >= 0.3 is 0 Å². The molecule has 3 aromatic rings. The molecule has 3 rings (SSSR count). The maximum atomic E-state index is 6.23. The van der Waals surface area contributed by atoms with Crippen LogP contribution in [0.4, 0.5) is 0 Å². The molecular formula is C15H14ClN3. The molecule has 0 N–H and O–H groups in total. The number of rotatable bonds is 3. The molecule has 0 spiro atoms. The van der Waals surface area contributed by atoms with Crippen LogP contribution in [-0.2, 0) is 13.0 Å². The summed E-state index contributed by atoms with van der Waals surface area (Å²) in [7, 11) is 0. The fourth-order valence-corrected chi connectivity index (χ4v) is 2.43. The third-order valence-corrected chi connectivity index (χ3v) is 3.55. The van der Waals surface area contributed by atoms with Crippen LogP contribution in [0.1, 0.15) is 18.3 Å². The quantitative estimate of drug-likeness (QED) is 0.727. The average Bonchev–Trinajstić information content (AvgIpc) is 2.79. The molecule has 0 fully saturated rings. The van der Waals surface area contributed by atoms with E-state index in [4.69, 9.17) is 11.6 Å². The zero-order valence-electron chi connectivity index (χ0n) is 10.7. The summed E-state index contributed by atoms with van der Waals surface area (Å²) in [6, 6.07) is 11.8. The number of nitrogens with zero attached hydrogens (tertiary/aromatic N) is 3. The van der Waals surface area contributed by atoms with E-state index >= 15 is 0 Å². The Bertz CT molecular complexity index is 718. The van der Waals surface area contributed by atoms with Gasteiger partial charge < -0.3 is 4.57 Å². The van der Waals surface area contributed by atoms with Crippen molar-refractivity contribution in [1.29, 1.82) is 0 Å². The van der Waals surface area contributed by atoms with Gasteiger partial charge in [0, 0.05) is 17.6 Å². The lowest BCUT2D eigenvalue weighted by Gasteiger charge is -2.09. The Morgan fingerprint density at radius 3 is 2.79 bits per heavy atom. The summed E-state index contributed by atoms with van der Waals surface area (Å²) in [6.07, 6.45) is 2.67. The van der Waals surface area contributed by atoms with Gasteiger partial charge in [-0.3, -0.25) is 0 Å². The molecule has 2 aromatic heterocycles. The number of aryl methyl sites for hydroxylation is 1. The number of benzene rings is 1. The summed E-state index contributed by atoms with van der Waals surface area (Å²) in [6.45, 7) is 2.81. The Kier molecular flexibility index (Phi) is 3.22. The third-order valence-electron chi connectivity index (χ3n) is 3.19. The molecular weight excluding hydrogens is 258 g/mol. The van der Waals surface area contributed by atoms with E-state index in [1.807, 2.05) is 36.4 Å². The molecule has 4 heteroatoms. The predicted molar refractivity (Wildman–Crippen MR) is 77.5 cm³/mol. The topological polar surface area (TPSA) is 30.7 Å². The van der Waals surface area contributed by atoms with E-state index in [1.54, 1.807) is 6.20 Å². The first kappa shape index (κ1) is 12.2. The van der Waals surface area contributed by atoms with Crippen LogP contribution in [-0.4, -0.2) is 14.5 Å². The van der Waals surface area contributed by atoms with Crippen molar-refractivity contribution in [3.63, 3.8) is 0 Å². The normalized spacial score (nSPS) is 11.1. The lowest BCUT2D eigenvalue weighted by Crippen LogP contribution is -2.05. The predicted octanol–water partition coefficient (Wildman–Crippen LogP) is 3.70. The summed E-state index contributed by atoms with van der Waals surface area (Å²) in [5.74, 6) is 1.04. The van der Waals surface area contributed by atoms with Crippen molar-refractivity contribution in [2.75, 3.05) is 0 Å². The van der Waals surface area contributed by atoms with Crippen LogP contribution in [0.5, 0.6) is 0 Å². The fourth-order valence-electron chi connectivity index (χ4n) is 2.24. The first-order valence-corrected chi connectivity index (χ1v) is 6.71. The lowest BCUT2D eigenvalue weighted by atomic mass is 10.2. The maximum absolute atomic E-state index is 6.23. The monoisotopic (exact) mass is 271 g/mol. The minimum absolute atomic E-state index is 0.705. The average molecular weight is 272 g/mol. The van der Waals surface area contributed by atoms with E-state index in [0.29, 0.717) is 6.54 Å². The van der Waals surface area contributed by atoms with Crippen LogP contribution in [0.2, 0.25) is 5.02 Å². The number of hydrogen-bond acceptors (Lipinski definition) is 2. The molecule has 1 aromatic carbocycles. The second kappa shape index (κ2) is 5.02. The van der Waals surface area contributed by atoms with Crippen molar-refractivity contribution in [2.24, 2.45) is 0 Å². The minimum Gasteiger partial charge on any atom is -0.308 e. The number of imidazole rings is 1. The first-order valence-electron chi connectivity index (χ1n) is 6.33. The van der Waals surface area contributed by atoms with Gasteiger partial charge in [-0.1, -0.05) is 36.7 Å². The third kappa shape index (κ3) is 2.22. The second-order valence-corrected chi connectivity index (χ2v) is 4.81. The van der Waals surface area contributed by atoms with Crippen LogP contribution in [0, 0.1) is 0 Å². The molecule has 96 valence electrons. The van der Waals surface area contributed by atoms with Crippen molar-refractivity contribution in [3.05, 3.63) is 59.0 Å². The van der Waals surface area contributed by atoms with E-state index in [-0.39, 0.29) is 0 Å². The van der Waals surface area contributed by atoms with E-state index in [2.05, 4.69) is 21.5 Å². The summed E-state index contributed by atoms with van der Waals surface area (Å²) in [4.78, 5) is 9.05. The van der Waals surface area contributed by atoms with E-state index in [9.17, 15) is 0 Å². The van der Waals surface area contributed by atoms with Crippen molar-refractivity contribution >= 4 is 22.8 Å². The van der Waals surface area contributed by atoms with E-state index < -0.39 is 0 Å². The Morgan fingerprint density at radius 2 is 2.00 bits per heavy atom. The molecule has 19 heavy (non-hydrogen) atoms. The fraction of sp³-hybridized carbons (Fsp3) is 0.200. The van der Waals surface area contributed by atoms with E-state index in [0.717, 1.165) is 34.0 Å². The van der Waals surface area contributed by atoms with Gasteiger partial charge in [0.05, 0.1) is 6.54 Å². The molecule has 0 unspecified atom stereocenters. The van der Waals surface area contributed by atoms with Crippen molar-refractivity contribution in [2.45, 2.75) is 19.9 Å². The van der Waals surface area contributed by atoms with Crippen molar-refractivity contribution < 1.29 is 0 Å². The molecule has 0 saturated carbocycles. The largest absolute Gasteiger partial charge is 0.308 e. The SMILES string of the molecule is CCc1nc2cccnc2n1Cc1ccccc1Cl. The zero-order valence-corrected chi connectivity index (χ0v) is 11.4. The number of hydrogen-bond donors (Lipinski definition) is 0. The molecule has 0 atom stereocenters. The summed E-state index contributed by atoms with van der Waals surface area (Å²) in [5.41, 5.74) is 2.94. The van der Waals surface area contributed by atoms with Crippen LogP contribution in [0.3, 0.4) is 0 Å². The highest BCUT2D eigenvalue weighted by Gasteiger charge is 2.11. The van der Waals surface area contributed by atoms with Gasteiger partial charge in [-0.15, -0.1) is 0 Å². The Labute approximate surface area is 116 Å². The molecule has 0 aliphatic carbocycles. The molecule has 0 amide bonds. The lowest BCUT2D eigenvalue weighted by molar-refractivity contribution is 0.746. The number of aromatic nitrogens is 3. The first-order chi connectivity index (χ1) is 9.29. The number of fused-ring (bicyclic) bond motifs is 1. The van der Waals surface area contributed by atoms with Gasteiger partial charge in [0.2, 0.25) is 0 Å². The van der Waals surface area contributed by atoms with Crippen LogP contribution >= 0.6 is 11.6 Å². The van der Waals surface area contributed by atoms with Gasteiger partial charge in [-0.05, 0) is 23.8 Å². The summed E-state index contributed by atoms with van der Waals surface area (Å²) < 4.78 is 2.14. The van der Waals surface area contributed by atoms with Crippen molar-refractivity contribution in [3.8, 4) is 0 Å². The summed E-state index contributed by atoms with van der Waals surface area (Å²) in [5, 5.41) is 0.780. The standard InChI is InChI=1S/C15H14ClN3/c1-2-14-18-13-8-5-9-17-15(13)19(14)10-11-6-3-4-7-12(11)16/h3-9H,2,10H2,1H3. The summed E-state index contributed by atoms with van der Waals surface area (Å²) >= 11 is 6.23. The van der Waals surface area contributed by atoms with Gasteiger partial charge in [-0.25, -0.2) is 9.97 Å². The Balaban J connectivity index is 2.12. The van der Waals surface area contributed by atoms with E-state index in [1.165, 1.54) is 0 Å². The second-order valence-electron chi connectivity index (χ2n) is 4.41. The Hall–Kier alpha value is -1.87. The van der Waals surface area contributed by atoms with Gasteiger partial charge in [0.25, 0.3) is 0 Å². The zero-order chi connectivity index (χ0) is 13.2. The van der Waals surface area contributed by atoms with Crippen LogP contribution in [0.15, 0.2) is 42.6 Å². The van der Waals surface area contributed by atoms with Crippen molar-refractivity contribution in [1.82, 2.24) is 14.5 Å². The molecule has 0 radical (unpaired) electrons. The minimum atomic E-state index is 0.705. The smallest absolute Gasteiger partial charge is 0.160 e. The highest BCUT2D eigenvalue weighted by molar-refractivity contribution is 6.31. The molecule has 2 heterocycles. The molecule has 3 nitrogen and oxygen atoms in total.